The number of carbonyl (C=O) groups excluding carboxylic acids is 1. The fraction of sp³-hybridized carbons (Fsp3) is 0.417. The zero-order chi connectivity index (χ0) is 12.8. The van der Waals surface area contributed by atoms with Gasteiger partial charge in [0, 0.05) is 24.2 Å². The summed E-state index contributed by atoms with van der Waals surface area (Å²) >= 11 is 11.7. The lowest BCUT2D eigenvalue weighted by Crippen LogP contribution is -2.34. The Morgan fingerprint density at radius 1 is 1.29 bits per heavy atom. The van der Waals surface area contributed by atoms with Crippen molar-refractivity contribution in [1.82, 2.24) is 4.90 Å². The highest BCUT2D eigenvalue weighted by Crippen LogP contribution is 2.27. The normalized spacial score (nSPS) is 10.1. The van der Waals surface area contributed by atoms with Crippen LogP contribution in [0.5, 0.6) is 5.75 Å². The predicted molar refractivity (Wildman–Crippen MR) is 69.9 cm³/mol. The number of likely N-dealkylation sites (N-methyl/N-ethyl adjacent to an activating group) is 1. The molecule has 0 aliphatic carbocycles. The van der Waals surface area contributed by atoms with Crippen LogP contribution < -0.4 is 4.74 Å². The van der Waals surface area contributed by atoms with Crippen molar-refractivity contribution in [2.75, 3.05) is 19.7 Å². The van der Waals surface area contributed by atoms with Gasteiger partial charge < -0.3 is 9.64 Å². The lowest BCUT2D eigenvalue weighted by molar-refractivity contribution is -0.132. The summed E-state index contributed by atoms with van der Waals surface area (Å²) in [6.07, 6.45) is 0. The fourth-order valence-corrected chi connectivity index (χ4v) is 1.73. The molecule has 1 aromatic carbocycles. The second-order valence-corrected chi connectivity index (χ2v) is 4.27. The van der Waals surface area contributed by atoms with Gasteiger partial charge in [-0.05, 0) is 26.0 Å². The number of rotatable bonds is 5. The third-order valence-corrected chi connectivity index (χ3v) is 2.91. The van der Waals surface area contributed by atoms with E-state index in [1.54, 1.807) is 23.1 Å². The Balaban J connectivity index is 2.61. The van der Waals surface area contributed by atoms with E-state index >= 15 is 0 Å². The van der Waals surface area contributed by atoms with Gasteiger partial charge in [0.1, 0.15) is 5.75 Å². The van der Waals surface area contributed by atoms with E-state index in [1.807, 2.05) is 13.8 Å². The van der Waals surface area contributed by atoms with Crippen LogP contribution in [0.2, 0.25) is 10.0 Å². The number of benzene rings is 1. The van der Waals surface area contributed by atoms with Crippen LogP contribution in [-0.2, 0) is 4.79 Å². The molecule has 0 bridgehead atoms. The fourth-order valence-electron chi connectivity index (χ4n) is 1.39. The molecule has 0 aliphatic rings. The van der Waals surface area contributed by atoms with Crippen molar-refractivity contribution in [1.29, 1.82) is 0 Å². The number of ether oxygens (including phenoxy) is 1. The molecular weight excluding hydrogens is 261 g/mol. The van der Waals surface area contributed by atoms with Crippen molar-refractivity contribution in [3.05, 3.63) is 28.2 Å². The summed E-state index contributed by atoms with van der Waals surface area (Å²) in [5, 5.41) is 0.974. The minimum atomic E-state index is -0.0638. The maximum absolute atomic E-state index is 11.7. The quantitative estimate of drug-likeness (QED) is 0.826. The van der Waals surface area contributed by atoms with Gasteiger partial charge in [0.05, 0.1) is 5.02 Å². The minimum absolute atomic E-state index is 0.0260. The van der Waals surface area contributed by atoms with Gasteiger partial charge in [0.25, 0.3) is 5.91 Å². The Bertz CT molecular complexity index is 392. The first-order valence-electron chi connectivity index (χ1n) is 5.44. The van der Waals surface area contributed by atoms with Gasteiger partial charge >= 0.3 is 0 Å². The Labute approximate surface area is 111 Å². The van der Waals surface area contributed by atoms with Crippen LogP contribution in [0, 0.1) is 0 Å². The Hall–Kier alpha value is -0.930. The summed E-state index contributed by atoms with van der Waals surface area (Å²) in [7, 11) is 0. The zero-order valence-corrected chi connectivity index (χ0v) is 11.4. The second kappa shape index (κ2) is 6.72. The van der Waals surface area contributed by atoms with E-state index in [2.05, 4.69) is 0 Å². The first-order chi connectivity index (χ1) is 8.08. The molecule has 0 aliphatic heterocycles. The summed E-state index contributed by atoms with van der Waals surface area (Å²) in [5.74, 6) is 0.366. The Morgan fingerprint density at radius 2 is 1.94 bits per heavy atom. The number of hydrogen-bond donors (Lipinski definition) is 0. The van der Waals surface area contributed by atoms with E-state index in [4.69, 9.17) is 27.9 Å². The average molecular weight is 276 g/mol. The maximum Gasteiger partial charge on any atom is 0.260 e. The molecule has 0 atom stereocenters. The first-order valence-corrected chi connectivity index (χ1v) is 6.19. The standard InChI is InChI=1S/C12H15Cl2NO2/c1-3-15(4-2)12(16)8-17-11-7-9(13)5-6-10(11)14/h5-7H,3-4,8H2,1-2H3. The smallest absolute Gasteiger partial charge is 0.260 e. The molecule has 0 N–H and O–H groups in total. The summed E-state index contributed by atoms with van der Waals surface area (Å²) in [6, 6.07) is 4.91. The van der Waals surface area contributed by atoms with Crippen LogP contribution in [0.4, 0.5) is 0 Å². The van der Waals surface area contributed by atoms with Gasteiger partial charge in [-0.2, -0.15) is 0 Å². The molecule has 3 nitrogen and oxygen atoms in total. The van der Waals surface area contributed by atoms with E-state index in [0.717, 1.165) is 0 Å². The predicted octanol–water partition coefficient (Wildman–Crippen LogP) is 3.24. The van der Waals surface area contributed by atoms with Gasteiger partial charge in [-0.1, -0.05) is 23.2 Å². The van der Waals surface area contributed by atoms with Crippen LogP contribution in [0.1, 0.15) is 13.8 Å². The topological polar surface area (TPSA) is 29.5 Å². The van der Waals surface area contributed by atoms with E-state index in [9.17, 15) is 4.79 Å². The molecule has 5 heteroatoms. The van der Waals surface area contributed by atoms with Crippen molar-refractivity contribution >= 4 is 29.1 Å². The number of halogens is 2. The molecule has 17 heavy (non-hydrogen) atoms. The van der Waals surface area contributed by atoms with E-state index in [-0.39, 0.29) is 12.5 Å². The highest BCUT2D eigenvalue weighted by molar-refractivity contribution is 6.34. The van der Waals surface area contributed by atoms with Crippen molar-refractivity contribution in [3.63, 3.8) is 0 Å². The lowest BCUT2D eigenvalue weighted by Gasteiger charge is -2.18. The number of nitrogens with zero attached hydrogens (tertiary/aromatic N) is 1. The van der Waals surface area contributed by atoms with E-state index in [1.165, 1.54) is 0 Å². The van der Waals surface area contributed by atoms with Crippen molar-refractivity contribution in [2.45, 2.75) is 13.8 Å². The molecule has 1 aromatic rings. The molecule has 0 aromatic heterocycles. The summed E-state index contributed by atoms with van der Waals surface area (Å²) in [5.41, 5.74) is 0. The lowest BCUT2D eigenvalue weighted by atomic mass is 10.3. The van der Waals surface area contributed by atoms with Crippen LogP contribution >= 0.6 is 23.2 Å². The Morgan fingerprint density at radius 3 is 2.53 bits per heavy atom. The van der Waals surface area contributed by atoms with Crippen molar-refractivity contribution in [2.24, 2.45) is 0 Å². The molecule has 0 spiro atoms. The molecule has 0 saturated heterocycles. The largest absolute Gasteiger partial charge is 0.482 e. The molecule has 0 heterocycles. The SMILES string of the molecule is CCN(CC)C(=O)COc1cc(Cl)ccc1Cl. The van der Waals surface area contributed by atoms with Crippen LogP contribution in [0.3, 0.4) is 0 Å². The highest BCUT2D eigenvalue weighted by Gasteiger charge is 2.11. The van der Waals surface area contributed by atoms with E-state index in [0.29, 0.717) is 28.9 Å². The average Bonchev–Trinajstić information content (AvgIpc) is 2.32. The zero-order valence-electron chi connectivity index (χ0n) is 9.87. The van der Waals surface area contributed by atoms with Crippen LogP contribution in [0.25, 0.3) is 0 Å². The summed E-state index contributed by atoms with van der Waals surface area (Å²) in [4.78, 5) is 13.4. The maximum atomic E-state index is 11.7. The molecule has 0 saturated carbocycles. The van der Waals surface area contributed by atoms with E-state index < -0.39 is 0 Å². The molecule has 0 radical (unpaired) electrons. The number of carbonyl (C=O) groups is 1. The van der Waals surface area contributed by atoms with Crippen molar-refractivity contribution in [3.8, 4) is 5.75 Å². The first kappa shape index (κ1) is 14.1. The van der Waals surface area contributed by atoms with Crippen molar-refractivity contribution < 1.29 is 9.53 Å². The Kier molecular flexibility index (Phi) is 5.59. The second-order valence-electron chi connectivity index (χ2n) is 3.43. The molecule has 94 valence electrons. The minimum Gasteiger partial charge on any atom is -0.482 e. The summed E-state index contributed by atoms with van der Waals surface area (Å²) in [6.45, 7) is 5.16. The van der Waals surface area contributed by atoms with Crippen LogP contribution in [0.15, 0.2) is 18.2 Å². The third kappa shape index (κ3) is 4.10. The molecule has 0 unspecified atom stereocenters. The number of hydrogen-bond acceptors (Lipinski definition) is 2. The molecule has 1 amide bonds. The highest BCUT2D eigenvalue weighted by atomic mass is 35.5. The molecule has 1 rings (SSSR count). The number of amides is 1. The summed E-state index contributed by atoms with van der Waals surface area (Å²) < 4.78 is 5.36. The van der Waals surface area contributed by atoms with Gasteiger partial charge in [0.15, 0.2) is 6.61 Å². The van der Waals surface area contributed by atoms with Gasteiger partial charge in [-0.25, -0.2) is 0 Å². The third-order valence-electron chi connectivity index (χ3n) is 2.36. The molecular formula is C12H15Cl2NO2. The van der Waals surface area contributed by atoms with Gasteiger partial charge in [0.2, 0.25) is 0 Å². The van der Waals surface area contributed by atoms with Gasteiger partial charge in [-0.3, -0.25) is 4.79 Å². The molecule has 0 fully saturated rings. The monoisotopic (exact) mass is 275 g/mol. The van der Waals surface area contributed by atoms with Crippen LogP contribution in [-0.4, -0.2) is 30.5 Å². The van der Waals surface area contributed by atoms with Gasteiger partial charge in [-0.15, -0.1) is 0 Å².